The normalized spacial score (nSPS) is 15.6. The minimum Gasteiger partial charge on any atom is -0.459 e. The van der Waals surface area contributed by atoms with Crippen molar-refractivity contribution in [3.63, 3.8) is 0 Å². The molecule has 0 saturated heterocycles. The highest BCUT2D eigenvalue weighted by atomic mass is 127. The number of anilines is 1. The minimum atomic E-state index is -0.251. The van der Waals surface area contributed by atoms with E-state index in [-0.39, 0.29) is 47.5 Å². The highest BCUT2D eigenvalue weighted by Gasteiger charge is 2.24. The summed E-state index contributed by atoms with van der Waals surface area (Å²) in [6.07, 6.45) is 1.88. The number of furan rings is 1. The molecule has 9 heteroatoms. The van der Waals surface area contributed by atoms with Crippen molar-refractivity contribution in [1.29, 1.82) is 0 Å². The molecule has 4 N–H and O–H groups in total. The Hall–Kier alpha value is -2.56. The summed E-state index contributed by atoms with van der Waals surface area (Å²) in [7, 11) is 0. The number of nitrogens with one attached hydrogen (secondary N) is 4. The lowest BCUT2D eigenvalue weighted by atomic mass is 9.91. The number of hydrogen-bond donors (Lipinski definition) is 4. The molecular weight excluding hydrogens is 485 g/mol. The molecule has 1 aromatic carbocycles. The van der Waals surface area contributed by atoms with E-state index >= 15 is 0 Å². The van der Waals surface area contributed by atoms with Gasteiger partial charge in [-0.3, -0.25) is 14.6 Å². The molecule has 1 aromatic heterocycles. The first-order chi connectivity index (χ1) is 13.7. The number of hydrogen-bond acceptors (Lipinski definition) is 4. The van der Waals surface area contributed by atoms with Gasteiger partial charge < -0.3 is 25.7 Å². The summed E-state index contributed by atoms with van der Waals surface area (Å²) in [5.41, 5.74) is 1.96. The highest BCUT2D eigenvalue weighted by molar-refractivity contribution is 14.0. The van der Waals surface area contributed by atoms with Gasteiger partial charge in [0.15, 0.2) is 11.7 Å². The lowest BCUT2D eigenvalue weighted by Gasteiger charge is -2.24. The fourth-order valence-electron chi connectivity index (χ4n) is 3.06. The topological polar surface area (TPSA) is 108 Å². The monoisotopic (exact) mass is 511 g/mol. The van der Waals surface area contributed by atoms with Crippen LogP contribution in [0, 0.1) is 0 Å². The third-order valence-electron chi connectivity index (χ3n) is 4.37. The van der Waals surface area contributed by atoms with E-state index in [1.807, 2.05) is 31.2 Å². The SMILES string of the molecule is CCNC(=NCC1CC(=O)Nc2ccccc21)NCCNC(=O)c1ccco1.I. The zero-order valence-electron chi connectivity index (χ0n) is 16.2. The molecule has 0 aliphatic carbocycles. The van der Waals surface area contributed by atoms with Crippen molar-refractivity contribution in [1.82, 2.24) is 16.0 Å². The molecule has 8 nitrogen and oxygen atoms in total. The molecule has 1 unspecified atom stereocenters. The van der Waals surface area contributed by atoms with Crippen LogP contribution in [0.3, 0.4) is 0 Å². The second-order valence-electron chi connectivity index (χ2n) is 6.42. The fraction of sp³-hybridized carbons (Fsp3) is 0.350. The van der Waals surface area contributed by atoms with Gasteiger partial charge in [-0.05, 0) is 30.7 Å². The van der Waals surface area contributed by atoms with Crippen molar-refractivity contribution in [2.45, 2.75) is 19.3 Å². The van der Waals surface area contributed by atoms with Crippen molar-refractivity contribution in [3.05, 3.63) is 54.0 Å². The minimum absolute atomic E-state index is 0. The molecule has 1 aliphatic heterocycles. The molecule has 156 valence electrons. The Balaban J connectivity index is 0.00000300. The number of carbonyl (C=O) groups is 2. The first-order valence-electron chi connectivity index (χ1n) is 9.40. The number of fused-ring (bicyclic) bond motifs is 1. The van der Waals surface area contributed by atoms with Crippen LogP contribution in [-0.4, -0.2) is 44.0 Å². The first-order valence-corrected chi connectivity index (χ1v) is 9.40. The molecule has 1 aliphatic rings. The summed E-state index contributed by atoms with van der Waals surface area (Å²) in [4.78, 5) is 28.4. The Morgan fingerprint density at radius 1 is 1.17 bits per heavy atom. The number of rotatable bonds is 7. The van der Waals surface area contributed by atoms with Crippen LogP contribution in [0.1, 0.15) is 35.4 Å². The van der Waals surface area contributed by atoms with E-state index in [9.17, 15) is 9.59 Å². The van der Waals surface area contributed by atoms with E-state index in [0.29, 0.717) is 38.6 Å². The molecule has 2 aromatic rings. The summed E-state index contributed by atoms with van der Waals surface area (Å²) in [5.74, 6) is 0.739. The molecule has 1 atom stereocenters. The zero-order chi connectivity index (χ0) is 19.8. The predicted molar refractivity (Wildman–Crippen MR) is 123 cm³/mol. The van der Waals surface area contributed by atoms with Gasteiger partial charge in [-0.15, -0.1) is 24.0 Å². The van der Waals surface area contributed by atoms with Crippen molar-refractivity contribution in [2.75, 3.05) is 31.5 Å². The van der Waals surface area contributed by atoms with Crippen LogP contribution in [0.2, 0.25) is 0 Å². The van der Waals surface area contributed by atoms with Crippen molar-refractivity contribution in [2.24, 2.45) is 4.99 Å². The predicted octanol–water partition coefficient (Wildman–Crippen LogP) is 2.31. The number of para-hydroxylation sites is 1. The van der Waals surface area contributed by atoms with Crippen LogP contribution >= 0.6 is 24.0 Å². The average Bonchev–Trinajstić information content (AvgIpc) is 3.23. The second-order valence-corrected chi connectivity index (χ2v) is 6.42. The maximum absolute atomic E-state index is 11.9. The van der Waals surface area contributed by atoms with E-state index in [1.165, 1.54) is 6.26 Å². The Morgan fingerprint density at radius 3 is 2.72 bits per heavy atom. The van der Waals surface area contributed by atoms with Gasteiger partial charge in [-0.25, -0.2) is 0 Å². The van der Waals surface area contributed by atoms with Crippen LogP contribution in [0.25, 0.3) is 0 Å². The highest BCUT2D eigenvalue weighted by Crippen LogP contribution is 2.31. The maximum Gasteiger partial charge on any atom is 0.287 e. The Morgan fingerprint density at radius 2 is 1.97 bits per heavy atom. The van der Waals surface area contributed by atoms with Crippen LogP contribution in [0.5, 0.6) is 0 Å². The van der Waals surface area contributed by atoms with E-state index < -0.39 is 0 Å². The third-order valence-corrected chi connectivity index (χ3v) is 4.37. The van der Waals surface area contributed by atoms with E-state index in [4.69, 9.17) is 4.42 Å². The molecule has 0 radical (unpaired) electrons. The van der Waals surface area contributed by atoms with Crippen molar-refractivity contribution < 1.29 is 14.0 Å². The Kier molecular flexibility index (Phi) is 8.97. The molecule has 0 bridgehead atoms. The van der Waals surface area contributed by atoms with Crippen molar-refractivity contribution >= 4 is 47.4 Å². The maximum atomic E-state index is 11.9. The number of nitrogens with zero attached hydrogens (tertiary/aromatic N) is 1. The van der Waals surface area contributed by atoms with Crippen LogP contribution in [-0.2, 0) is 4.79 Å². The molecule has 3 rings (SSSR count). The number of guanidine groups is 1. The lowest BCUT2D eigenvalue weighted by Crippen LogP contribution is -2.41. The van der Waals surface area contributed by atoms with Crippen LogP contribution < -0.4 is 21.3 Å². The van der Waals surface area contributed by atoms with E-state index in [2.05, 4.69) is 26.3 Å². The van der Waals surface area contributed by atoms with Gasteiger partial charge in [-0.1, -0.05) is 18.2 Å². The van der Waals surface area contributed by atoms with Gasteiger partial charge in [0.05, 0.1) is 12.8 Å². The summed E-state index contributed by atoms with van der Waals surface area (Å²) >= 11 is 0. The Bertz CT molecular complexity index is 838. The molecule has 0 spiro atoms. The molecule has 29 heavy (non-hydrogen) atoms. The van der Waals surface area contributed by atoms with Gasteiger partial charge in [-0.2, -0.15) is 0 Å². The second kappa shape index (κ2) is 11.4. The molecule has 0 fully saturated rings. The number of carbonyl (C=O) groups excluding carboxylic acids is 2. The molecule has 0 saturated carbocycles. The standard InChI is InChI=1S/C20H25N5O3.HI/c1-2-21-20(23-10-9-22-19(27)17-8-5-11-28-17)24-13-14-12-18(26)25-16-7-4-3-6-15(14)16;/h3-8,11,14H,2,9-10,12-13H2,1H3,(H,22,27)(H,25,26)(H2,21,23,24);1H. The molecule has 2 amide bonds. The lowest BCUT2D eigenvalue weighted by molar-refractivity contribution is -0.116. The van der Waals surface area contributed by atoms with Gasteiger partial charge in [0.1, 0.15) is 0 Å². The van der Waals surface area contributed by atoms with Gasteiger partial charge >= 0.3 is 0 Å². The van der Waals surface area contributed by atoms with Gasteiger partial charge in [0.25, 0.3) is 5.91 Å². The van der Waals surface area contributed by atoms with Gasteiger partial charge in [0.2, 0.25) is 5.91 Å². The summed E-state index contributed by atoms with van der Waals surface area (Å²) < 4.78 is 5.05. The number of halogens is 1. The van der Waals surface area contributed by atoms with Crippen molar-refractivity contribution in [3.8, 4) is 0 Å². The summed E-state index contributed by atoms with van der Waals surface area (Å²) in [6, 6.07) is 11.1. The van der Waals surface area contributed by atoms with E-state index in [0.717, 1.165) is 11.3 Å². The zero-order valence-corrected chi connectivity index (χ0v) is 18.6. The smallest absolute Gasteiger partial charge is 0.287 e. The van der Waals surface area contributed by atoms with E-state index in [1.54, 1.807) is 12.1 Å². The quantitative estimate of drug-likeness (QED) is 0.198. The summed E-state index contributed by atoms with van der Waals surface area (Å²) in [6.45, 7) is 4.14. The van der Waals surface area contributed by atoms with Gasteiger partial charge in [0, 0.05) is 37.7 Å². The first kappa shape index (κ1) is 22.7. The fourth-order valence-corrected chi connectivity index (χ4v) is 3.06. The average molecular weight is 511 g/mol. The summed E-state index contributed by atoms with van der Waals surface area (Å²) in [5, 5.41) is 12.0. The number of aliphatic imine (C=N–C) groups is 1. The number of amides is 2. The number of benzene rings is 1. The van der Waals surface area contributed by atoms with Crippen LogP contribution in [0.4, 0.5) is 5.69 Å². The largest absolute Gasteiger partial charge is 0.459 e. The Labute approximate surface area is 186 Å². The third kappa shape index (κ3) is 6.48. The molecule has 2 heterocycles. The molecular formula is C20H26IN5O3. The van der Waals surface area contributed by atoms with Crippen LogP contribution in [0.15, 0.2) is 52.1 Å².